The summed E-state index contributed by atoms with van der Waals surface area (Å²) in [6.45, 7) is 4.99. The van der Waals surface area contributed by atoms with Crippen LogP contribution in [-0.2, 0) is 0 Å². The molecule has 0 unspecified atom stereocenters. The Hall–Kier alpha value is -1.52. The Balaban J connectivity index is 2.50. The number of nitrogens with one attached hydrogen (secondary N) is 2. The monoisotopic (exact) mass is 197 g/mol. The van der Waals surface area contributed by atoms with Gasteiger partial charge in [0, 0.05) is 6.54 Å². The molecule has 0 atom stereocenters. The fourth-order valence-electron chi connectivity index (χ4n) is 1.07. The van der Waals surface area contributed by atoms with Crippen LogP contribution in [0.5, 0.6) is 0 Å². The third kappa shape index (κ3) is 2.76. The second-order valence-electron chi connectivity index (χ2n) is 3.57. The maximum absolute atomic E-state index is 10.7. The van der Waals surface area contributed by atoms with Crippen molar-refractivity contribution in [3.8, 4) is 0 Å². The van der Waals surface area contributed by atoms with E-state index in [0.29, 0.717) is 11.7 Å². The molecular weight excluding hydrogens is 182 g/mol. The average molecular weight is 197 g/mol. The lowest BCUT2D eigenvalue weighted by Crippen LogP contribution is -2.08. The van der Waals surface area contributed by atoms with E-state index in [1.54, 1.807) is 0 Å². The summed E-state index contributed by atoms with van der Waals surface area (Å²) in [5.74, 6) is 0.114. The number of nitrogens with zero attached hydrogens (tertiary/aromatic N) is 1. The Kier molecular flexibility index (Phi) is 3.50. The zero-order valence-corrected chi connectivity index (χ0v) is 8.37. The molecule has 0 saturated heterocycles. The van der Waals surface area contributed by atoms with E-state index in [-0.39, 0.29) is 5.56 Å². The minimum Gasteiger partial charge on any atom is -0.477 e. The molecule has 3 N–H and O–H groups in total. The number of carbonyl (C=O) groups is 1. The SMILES string of the molecule is CC(C)CCNc1[nH]ncc1C(=O)O. The van der Waals surface area contributed by atoms with E-state index in [0.717, 1.165) is 13.0 Å². The predicted octanol–water partition coefficient (Wildman–Crippen LogP) is 1.57. The number of hydrogen-bond donors (Lipinski definition) is 3. The number of hydrogen-bond acceptors (Lipinski definition) is 3. The van der Waals surface area contributed by atoms with Crippen molar-refractivity contribution in [3.63, 3.8) is 0 Å². The zero-order valence-electron chi connectivity index (χ0n) is 8.37. The molecule has 1 aromatic rings. The molecule has 5 nitrogen and oxygen atoms in total. The minimum absolute atomic E-state index is 0.189. The highest BCUT2D eigenvalue weighted by Gasteiger charge is 2.11. The molecule has 0 amide bonds. The highest BCUT2D eigenvalue weighted by molar-refractivity contribution is 5.92. The Labute approximate surface area is 82.5 Å². The fourth-order valence-corrected chi connectivity index (χ4v) is 1.07. The van der Waals surface area contributed by atoms with Crippen LogP contribution in [0.3, 0.4) is 0 Å². The van der Waals surface area contributed by atoms with Crippen molar-refractivity contribution in [1.29, 1.82) is 0 Å². The van der Waals surface area contributed by atoms with Gasteiger partial charge in [0.25, 0.3) is 0 Å². The number of carboxylic acids is 1. The molecule has 0 fully saturated rings. The molecule has 0 aliphatic heterocycles. The molecule has 0 radical (unpaired) electrons. The molecule has 1 aromatic heterocycles. The van der Waals surface area contributed by atoms with Gasteiger partial charge in [0.05, 0.1) is 6.20 Å². The average Bonchev–Trinajstić information content (AvgIpc) is 2.51. The first kappa shape index (κ1) is 10.6. The van der Waals surface area contributed by atoms with Gasteiger partial charge in [-0.1, -0.05) is 13.8 Å². The molecule has 0 spiro atoms. The molecule has 0 saturated carbocycles. The summed E-state index contributed by atoms with van der Waals surface area (Å²) in [5.41, 5.74) is 0.189. The number of H-pyrrole nitrogens is 1. The molecule has 0 aliphatic carbocycles. The van der Waals surface area contributed by atoms with E-state index < -0.39 is 5.97 Å². The molecule has 14 heavy (non-hydrogen) atoms. The van der Waals surface area contributed by atoms with Gasteiger partial charge < -0.3 is 10.4 Å². The first-order chi connectivity index (χ1) is 6.61. The van der Waals surface area contributed by atoms with Crippen LogP contribution in [0.1, 0.15) is 30.6 Å². The summed E-state index contributed by atoms with van der Waals surface area (Å²) in [6, 6.07) is 0. The summed E-state index contributed by atoms with van der Waals surface area (Å²) in [4.78, 5) is 10.7. The standard InChI is InChI=1S/C9H15N3O2/c1-6(2)3-4-10-8-7(9(13)14)5-11-12-8/h5-6H,3-4H2,1-2H3,(H,13,14)(H2,10,11,12). The molecule has 0 bridgehead atoms. The van der Waals surface area contributed by atoms with Crippen molar-refractivity contribution < 1.29 is 9.90 Å². The molecular formula is C9H15N3O2. The van der Waals surface area contributed by atoms with Gasteiger partial charge in [0.15, 0.2) is 0 Å². The third-order valence-electron chi connectivity index (χ3n) is 1.89. The zero-order chi connectivity index (χ0) is 10.6. The lowest BCUT2D eigenvalue weighted by Gasteiger charge is -2.06. The van der Waals surface area contributed by atoms with Crippen molar-refractivity contribution in [1.82, 2.24) is 10.2 Å². The summed E-state index contributed by atoms with van der Waals surface area (Å²) in [6.07, 6.45) is 2.30. The third-order valence-corrected chi connectivity index (χ3v) is 1.89. The quantitative estimate of drug-likeness (QED) is 0.669. The van der Waals surface area contributed by atoms with E-state index in [1.165, 1.54) is 6.20 Å². The van der Waals surface area contributed by atoms with Crippen LogP contribution in [0.15, 0.2) is 6.20 Å². The number of aromatic nitrogens is 2. The smallest absolute Gasteiger partial charge is 0.341 e. The van der Waals surface area contributed by atoms with Crippen LogP contribution >= 0.6 is 0 Å². The lowest BCUT2D eigenvalue weighted by atomic mass is 10.1. The Morgan fingerprint density at radius 1 is 1.71 bits per heavy atom. The molecule has 0 aliphatic rings. The van der Waals surface area contributed by atoms with Gasteiger partial charge in [0.1, 0.15) is 11.4 Å². The van der Waals surface area contributed by atoms with Crippen molar-refractivity contribution in [3.05, 3.63) is 11.8 Å². The van der Waals surface area contributed by atoms with Gasteiger partial charge in [-0.05, 0) is 12.3 Å². The molecule has 1 rings (SSSR count). The van der Waals surface area contributed by atoms with Crippen LogP contribution in [0.25, 0.3) is 0 Å². The molecule has 0 aromatic carbocycles. The number of rotatable bonds is 5. The Morgan fingerprint density at radius 2 is 2.43 bits per heavy atom. The number of aromatic amines is 1. The Morgan fingerprint density at radius 3 is 3.00 bits per heavy atom. The minimum atomic E-state index is -0.967. The summed E-state index contributed by atoms with van der Waals surface area (Å²) in [7, 11) is 0. The van der Waals surface area contributed by atoms with E-state index in [2.05, 4.69) is 29.4 Å². The van der Waals surface area contributed by atoms with Gasteiger partial charge in [-0.2, -0.15) is 5.10 Å². The van der Waals surface area contributed by atoms with Crippen molar-refractivity contribution in [2.75, 3.05) is 11.9 Å². The largest absolute Gasteiger partial charge is 0.477 e. The summed E-state index contributed by atoms with van der Waals surface area (Å²) < 4.78 is 0. The highest BCUT2D eigenvalue weighted by Crippen LogP contribution is 2.11. The topological polar surface area (TPSA) is 78.0 Å². The Bertz CT molecular complexity index is 307. The fraction of sp³-hybridized carbons (Fsp3) is 0.556. The summed E-state index contributed by atoms with van der Waals surface area (Å²) >= 11 is 0. The molecule has 5 heteroatoms. The highest BCUT2D eigenvalue weighted by atomic mass is 16.4. The van der Waals surface area contributed by atoms with Crippen LogP contribution in [0, 0.1) is 5.92 Å². The van der Waals surface area contributed by atoms with Crippen molar-refractivity contribution in [2.24, 2.45) is 5.92 Å². The maximum atomic E-state index is 10.7. The molecule has 1 heterocycles. The second-order valence-corrected chi connectivity index (χ2v) is 3.57. The van der Waals surface area contributed by atoms with Gasteiger partial charge in [-0.15, -0.1) is 0 Å². The lowest BCUT2D eigenvalue weighted by molar-refractivity contribution is 0.0698. The van der Waals surface area contributed by atoms with E-state index in [4.69, 9.17) is 5.11 Å². The first-order valence-electron chi connectivity index (χ1n) is 4.61. The van der Waals surface area contributed by atoms with E-state index in [1.807, 2.05) is 0 Å². The van der Waals surface area contributed by atoms with Gasteiger partial charge in [0.2, 0.25) is 0 Å². The number of anilines is 1. The molecule has 78 valence electrons. The van der Waals surface area contributed by atoms with Crippen molar-refractivity contribution in [2.45, 2.75) is 20.3 Å². The normalized spacial score (nSPS) is 10.5. The second kappa shape index (κ2) is 4.64. The predicted molar refractivity (Wildman–Crippen MR) is 53.5 cm³/mol. The van der Waals surface area contributed by atoms with Crippen LogP contribution < -0.4 is 5.32 Å². The first-order valence-corrected chi connectivity index (χ1v) is 4.61. The maximum Gasteiger partial charge on any atom is 0.341 e. The van der Waals surface area contributed by atoms with Gasteiger partial charge >= 0.3 is 5.97 Å². The number of carboxylic acid groups (broad SMARTS) is 1. The van der Waals surface area contributed by atoms with E-state index >= 15 is 0 Å². The van der Waals surface area contributed by atoms with Crippen molar-refractivity contribution >= 4 is 11.8 Å². The van der Waals surface area contributed by atoms with Gasteiger partial charge in [-0.3, -0.25) is 5.10 Å². The van der Waals surface area contributed by atoms with Crippen LogP contribution in [-0.4, -0.2) is 27.8 Å². The van der Waals surface area contributed by atoms with E-state index in [9.17, 15) is 4.79 Å². The van der Waals surface area contributed by atoms with Crippen LogP contribution in [0.2, 0.25) is 0 Å². The summed E-state index contributed by atoms with van der Waals surface area (Å²) in [5, 5.41) is 18.1. The number of aromatic carboxylic acids is 1. The van der Waals surface area contributed by atoms with Gasteiger partial charge in [-0.25, -0.2) is 4.79 Å². The van der Waals surface area contributed by atoms with Crippen LogP contribution in [0.4, 0.5) is 5.82 Å².